The minimum atomic E-state index is -2.70. The summed E-state index contributed by atoms with van der Waals surface area (Å²) in [5.41, 5.74) is 0.948. The average Bonchev–Trinajstić information content (AvgIpc) is 3.22. The Balaban J connectivity index is 1.75. The van der Waals surface area contributed by atoms with E-state index in [1.54, 1.807) is 0 Å². The molecule has 0 aliphatic heterocycles. The number of imidazole rings is 1. The van der Waals surface area contributed by atoms with Crippen LogP contribution in [0, 0.1) is 6.92 Å². The quantitative estimate of drug-likeness (QED) is 0.718. The lowest BCUT2D eigenvalue weighted by Crippen LogP contribution is -2.32. The summed E-state index contributed by atoms with van der Waals surface area (Å²) < 4.78 is 26.5. The third kappa shape index (κ3) is 3.88. The van der Waals surface area contributed by atoms with E-state index in [0.717, 1.165) is 20.0 Å². The Kier molecular flexibility index (Phi) is 5.27. The molecule has 6 nitrogen and oxygen atoms in total. The fourth-order valence-electron chi connectivity index (χ4n) is 2.42. The molecule has 9 heteroatoms. The maximum atomic E-state index is 12.9. The summed E-state index contributed by atoms with van der Waals surface area (Å²) >= 11 is 1.47. The molecule has 0 atom stereocenters. The zero-order valence-corrected chi connectivity index (χ0v) is 15.0. The number of nitrogens with zero attached hydrogens (tertiary/aromatic N) is 4. The molecule has 0 bridgehead atoms. The second-order valence-electron chi connectivity index (χ2n) is 5.59. The highest BCUT2D eigenvalue weighted by atomic mass is 32.1. The zero-order valence-electron chi connectivity index (χ0n) is 14.2. The van der Waals surface area contributed by atoms with Crippen molar-refractivity contribution in [3.63, 3.8) is 0 Å². The van der Waals surface area contributed by atoms with Crippen molar-refractivity contribution in [2.75, 3.05) is 12.4 Å². The molecule has 0 aliphatic rings. The van der Waals surface area contributed by atoms with Crippen LogP contribution in [-0.2, 0) is 6.54 Å². The van der Waals surface area contributed by atoms with Crippen LogP contribution < -0.4 is 5.32 Å². The van der Waals surface area contributed by atoms with E-state index in [9.17, 15) is 13.6 Å². The lowest BCUT2D eigenvalue weighted by molar-refractivity contribution is 0.0652. The number of anilines is 1. The molecule has 26 heavy (non-hydrogen) atoms. The number of nitrogens with one attached hydrogen (secondary N) is 1. The molecule has 136 valence electrons. The van der Waals surface area contributed by atoms with Gasteiger partial charge >= 0.3 is 12.6 Å². The molecular weight excluding hydrogens is 360 g/mol. The number of benzene rings is 1. The number of thiazole rings is 1. The van der Waals surface area contributed by atoms with Crippen LogP contribution in [0.15, 0.2) is 42.7 Å². The van der Waals surface area contributed by atoms with E-state index in [1.165, 1.54) is 35.7 Å². The first-order valence-electron chi connectivity index (χ1n) is 7.80. The van der Waals surface area contributed by atoms with E-state index in [0.29, 0.717) is 5.82 Å². The molecule has 2 amide bonds. The van der Waals surface area contributed by atoms with E-state index in [2.05, 4.69) is 15.3 Å². The molecule has 0 fully saturated rings. The number of aryl methyl sites for hydroxylation is 1. The van der Waals surface area contributed by atoms with Crippen molar-refractivity contribution < 1.29 is 13.6 Å². The summed E-state index contributed by atoms with van der Waals surface area (Å²) in [6.07, 6.45) is 2.47. The molecule has 3 aromatic rings. The number of hydrogen-bond acceptors (Lipinski definition) is 4. The predicted octanol–water partition coefficient (Wildman–Crippen LogP) is 4.37. The normalized spacial score (nSPS) is 11.0. The van der Waals surface area contributed by atoms with Crippen LogP contribution in [0.4, 0.5) is 19.4 Å². The number of amides is 2. The highest BCUT2D eigenvalue weighted by molar-refractivity contribution is 7.15. The SMILES string of the molecule is Cc1nc(NC(=O)N(C)Cc2nccn2C(F)F)c(-c2ccccc2)s1. The van der Waals surface area contributed by atoms with E-state index >= 15 is 0 Å². The average molecular weight is 377 g/mol. The smallest absolute Gasteiger partial charge is 0.320 e. The summed E-state index contributed by atoms with van der Waals surface area (Å²) in [7, 11) is 1.52. The van der Waals surface area contributed by atoms with Crippen LogP contribution in [0.3, 0.4) is 0 Å². The van der Waals surface area contributed by atoms with Crippen molar-refractivity contribution >= 4 is 23.2 Å². The third-order valence-electron chi connectivity index (χ3n) is 3.68. The first kappa shape index (κ1) is 18.0. The molecule has 0 unspecified atom stereocenters. The Morgan fingerprint density at radius 2 is 2.08 bits per heavy atom. The predicted molar refractivity (Wildman–Crippen MR) is 96.3 cm³/mol. The highest BCUT2D eigenvalue weighted by Crippen LogP contribution is 2.33. The molecule has 0 saturated heterocycles. The van der Waals surface area contributed by atoms with Crippen LogP contribution in [0.25, 0.3) is 10.4 Å². The number of hydrogen-bond donors (Lipinski definition) is 1. The van der Waals surface area contributed by atoms with Crippen molar-refractivity contribution in [1.29, 1.82) is 0 Å². The third-order valence-corrected chi connectivity index (χ3v) is 4.70. The van der Waals surface area contributed by atoms with E-state index in [-0.39, 0.29) is 12.4 Å². The first-order chi connectivity index (χ1) is 12.5. The van der Waals surface area contributed by atoms with Crippen molar-refractivity contribution in [3.05, 3.63) is 53.6 Å². The van der Waals surface area contributed by atoms with Gasteiger partial charge in [-0.25, -0.2) is 14.8 Å². The molecule has 1 aromatic carbocycles. The maximum Gasteiger partial charge on any atom is 0.323 e. The molecule has 1 N–H and O–H groups in total. The van der Waals surface area contributed by atoms with Crippen LogP contribution in [0.1, 0.15) is 17.4 Å². The standard InChI is InChI=1S/C17H17F2N5OS/c1-11-21-15(14(26-11)12-6-4-3-5-7-12)22-17(25)23(2)10-13-20-8-9-24(13)16(18)19/h3-9,16H,10H2,1-2H3,(H,22,25). The van der Waals surface area contributed by atoms with Gasteiger partial charge in [0, 0.05) is 19.4 Å². The van der Waals surface area contributed by atoms with Gasteiger partial charge < -0.3 is 4.90 Å². The highest BCUT2D eigenvalue weighted by Gasteiger charge is 2.19. The van der Waals surface area contributed by atoms with Gasteiger partial charge in [-0.15, -0.1) is 11.3 Å². The second-order valence-corrected chi connectivity index (χ2v) is 6.79. The number of rotatable bonds is 5. The van der Waals surface area contributed by atoms with Gasteiger partial charge in [-0.3, -0.25) is 9.88 Å². The number of alkyl halides is 2. The van der Waals surface area contributed by atoms with Crippen LogP contribution >= 0.6 is 11.3 Å². The van der Waals surface area contributed by atoms with Gasteiger partial charge in [-0.1, -0.05) is 30.3 Å². The summed E-state index contributed by atoms with van der Waals surface area (Å²) in [6.45, 7) is -0.891. The van der Waals surface area contributed by atoms with E-state index in [4.69, 9.17) is 0 Å². The number of carbonyl (C=O) groups excluding carboxylic acids is 1. The minimum absolute atomic E-state index is 0.0486. The van der Waals surface area contributed by atoms with Crippen molar-refractivity contribution in [1.82, 2.24) is 19.4 Å². The molecule has 0 radical (unpaired) electrons. The second kappa shape index (κ2) is 7.61. The molecular formula is C17H17F2N5OS. The Labute approximate surface area is 153 Å². The molecule has 0 aliphatic carbocycles. The lowest BCUT2D eigenvalue weighted by Gasteiger charge is -2.18. The number of halogens is 2. The van der Waals surface area contributed by atoms with Crippen LogP contribution in [0.2, 0.25) is 0 Å². The van der Waals surface area contributed by atoms with E-state index < -0.39 is 12.6 Å². The Hall–Kier alpha value is -2.81. The molecule has 0 spiro atoms. The summed E-state index contributed by atoms with van der Waals surface area (Å²) in [5, 5.41) is 3.57. The maximum absolute atomic E-state index is 12.9. The zero-order chi connectivity index (χ0) is 18.7. The van der Waals surface area contributed by atoms with Gasteiger partial charge in [0.15, 0.2) is 5.82 Å². The number of carbonyl (C=O) groups is 1. The summed E-state index contributed by atoms with van der Waals surface area (Å²) in [5.74, 6) is 0.558. The largest absolute Gasteiger partial charge is 0.323 e. The Bertz CT molecular complexity index is 894. The Morgan fingerprint density at radius 1 is 1.35 bits per heavy atom. The molecule has 2 heterocycles. The van der Waals surface area contributed by atoms with Gasteiger partial charge in [0.25, 0.3) is 0 Å². The molecule has 3 rings (SSSR count). The topological polar surface area (TPSA) is 63.1 Å². The van der Waals surface area contributed by atoms with Gasteiger partial charge in [-0.2, -0.15) is 8.78 Å². The lowest BCUT2D eigenvalue weighted by atomic mass is 10.2. The fraction of sp³-hybridized carbons (Fsp3) is 0.235. The van der Waals surface area contributed by atoms with Crippen LogP contribution in [0.5, 0.6) is 0 Å². The fourth-order valence-corrected chi connectivity index (χ4v) is 3.30. The van der Waals surface area contributed by atoms with Gasteiger partial charge in [0.05, 0.1) is 16.4 Å². The monoisotopic (exact) mass is 377 g/mol. The Morgan fingerprint density at radius 3 is 2.77 bits per heavy atom. The molecule has 0 saturated carbocycles. The van der Waals surface area contributed by atoms with E-state index in [1.807, 2.05) is 37.3 Å². The minimum Gasteiger partial charge on any atom is -0.320 e. The van der Waals surface area contributed by atoms with Crippen LogP contribution in [-0.4, -0.2) is 32.5 Å². The number of urea groups is 1. The summed E-state index contributed by atoms with van der Waals surface area (Å²) in [4.78, 5) is 22.9. The molecule has 2 aromatic heterocycles. The summed E-state index contributed by atoms with van der Waals surface area (Å²) in [6, 6.07) is 9.15. The number of aromatic nitrogens is 3. The van der Waals surface area contributed by atoms with Crippen molar-refractivity contribution in [2.24, 2.45) is 0 Å². The van der Waals surface area contributed by atoms with Crippen molar-refractivity contribution in [2.45, 2.75) is 20.0 Å². The van der Waals surface area contributed by atoms with Crippen molar-refractivity contribution in [3.8, 4) is 10.4 Å². The van der Waals surface area contributed by atoms with Gasteiger partial charge in [0.2, 0.25) is 0 Å². The van der Waals surface area contributed by atoms with Gasteiger partial charge in [-0.05, 0) is 12.5 Å². The van der Waals surface area contributed by atoms with Gasteiger partial charge in [0.1, 0.15) is 5.82 Å². The first-order valence-corrected chi connectivity index (χ1v) is 8.62.